The number of methoxy groups -OCH3 is 1. The second kappa shape index (κ2) is 9.71. The Labute approximate surface area is 185 Å². The molecule has 0 radical (unpaired) electrons. The molecule has 1 saturated heterocycles. The van der Waals surface area contributed by atoms with Crippen LogP contribution in [0.1, 0.15) is 29.8 Å². The van der Waals surface area contributed by atoms with E-state index < -0.39 is 21.8 Å². The molecule has 1 aliphatic heterocycles. The summed E-state index contributed by atoms with van der Waals surface area (Å²) in [5.41, 5.74) is 0.369. The molecule has 0 atom stereocenters. The predicted octanol–water partition coefficient (Wildman–Crippen LogP) is 2.83. The molecule has 0 aliphatic carbocycles. The number of anilines is 1. The molecule has 1 aromatic carbocycles. The van der Waals surface area contributed by atoms with Gasteiger partial charge in [0.1, 0.15) is 5.75 Å². The largest absolute Gasteiger partial charge is 0.495 e. The highest BCUT2D eigenvalue weighted by atomic mass is 35.5. The summed E-state index contributed by atoms with van der Waals surface area (Å²) >= 11 is 5.95. The molecule has 2 aromatic rings. The lowest BCUT2D eigenvalue weighted by Gasteiger charge is -2.24. The van der Waals surface area contributed by atoms with Crippen molar-refractivity contribution in [2.24, 2.45) is 0 Å². The van der Waals surface area contributed by atoms with Crippen molar-refractivity contribution in [2.45, 2.75) is 24.4 Å². The maximum Gasteiger partial charge on any atom is 0.289 e. The summed E-state index contributed by atoms with van der Waals surface area (Å²) in [5, 5.41) is 2.77. The molecule has 0 spiro atoms. The lowest BCUT2D eigenvalue weighted by atomic mass is 10.2. The van der Waals surface area contributed by atoms with Crippen LogP contribution in [0.3, 0.4) is 0 Å². The molecule has 0 bridgehead atoms. The normalized spacial score (nSPS) is 14.8. The van der Waals surface area contributed by atoms with Gasteiger partial charge in [0.15, 0.2) is 5.76 Å². The third-order valence-electron chi connectivity index (χ3n) is 4.86. The highest BCUT2D eigenvalue weighted by Crippen LogP contribution is 2.27. The van der Waals surface area contributed by atoms with Crippen molar-refractivity contribution < 1.29 is 27.2 Å². The molecule has 1 N–H and O–H groups in total. The fourth-order valence-electron chi connectivity index (χ4n) is 3.25. The van der Waals surface area contributed by atoms with Crippen LogP contribution in [0.5, 0.6) is 5.75 Å². The van der Waals surface area contributed by atoms with Gasteiger partial charge in [-0.15, -0.1) is 0 Å². The van der Waals surface area contributed by atoms with Crippen LogP contribution in [0.2, 0.25) is 5.02 Å². The summed E-state index contributed by atoms with van der Waals surface area (Å²) < 4.78 is 37.2. The first-order chi connectivity index (χ1) is 14.7. The third kappa shape index (κ3) is 5.38. The van der Waals surface area contributed by atoms with Crippen molar-refractivity contribution in [2.75, 3.05) is 39.1 Å². The number of hydrogen-bond acceptors (Lipinski definition) is 6. The van der Waals surface area contributed by atoms with Crippen molar-refractivity contribution in [3.63, 3.8) is 0 Å². The van der Waals surface area contributed by atoms with E-state index in [1.807, 2.05) is 0 Å². The zero-order valence-electron chi connectivity index (χ0n) is 17.3. The van der Waals surface area contributed by atoms with Crippen molar-refractivity contribution in [3.8, 4) is 5.75 Å². The molecule has 1 aliphatic rings. The number of piperidine rings is 1. The number of sulfonamides is 1. The predicted molar refractivity (Wildman–Crippen MR) is 115 cm³/mol. The van der Waals surface area contributed by atoms with Crippen LogP contribution in [0, 0.1) is 0 Å². The average molecular weight is 470 g/mol. The van der Waals surface area contributed by atoms with Gasteiger partial charge in [-0.3, -0.25) is 9.59 Å². The fourth-order valence-corrected chi connectivity index (χ4v) is 4.85. The highest BCUT2D eigenvalue weighted by Gasteiger charge is 2.30. The van der Waals surface area contributed by atoms with Crippen molar-refractivity contribution >= 4 is 39.1 Å². The van der Waals surface area contributed by atoms with E-state index in [0.717, 1.165) is 24.2 Å². The van der Waals surface area contributed by atoms with E-state index in [0.29, 0.717) is 29.5 Å². The Morgan fingerprint density at radius 1 is 1.19 bits per heavy atom. The van der Waals surface area contributed by atoms with Crippen molar-refractivity contribution in [3.05, 3.63) is 41.1 Å². The molecule has 0 saturated carbocycles. The Bertz CT molecular complexity index is 1060. The lowest BCUT2D eigenvalue weighted by Crippen LogP contribution is -2.35. The Hall–Kier alpha value is -2.56. The number of carbonyl (C=O) groups is 2. The summed E-state index contributed by atoms with van der Waals surface area (Å²) in [5.74, 6) is -0.839. The van der Waals surface area contributed by atoms with Crippen LogP contribution < -0.4 is 10.1 Å². The van der Waals surface area contributed by atoms with Crippen LogP contribution in [0.4, 0.5) is 5.69 Å². The van der Waals surface area contributed by atoms with Crippen LogP contribution in [-0.4, -0.2) is 63.2 Å². The molecule has 0 unspecified atom stereocenters. The van der Waals surface area contributed by atoms with Crippen molar-refractivity contribution in [1.29, 1.82) is 0 Å². The monoisotopic (exact) mass is 469 g/mol. The number of ether oxygens (including phenoxy) is 1. The first-order valence-electron chi connectivity index (χ1n) is 9.71. The summed E-state index contributed by atoms with van der Waals surface area (Å²) in [6.07, 6.45) is 2.57. The second-order valence-corrected chi connectivity index (χ2v) is 9.44. The van der Waals surface area contributed by atoms with Crippen LogP contribution in [-0.2, 0) is 14.8 Å². The van der Waals surface area contributed by atoms with Crippen LogP contribution in [0.25, 0.3) is 0 Å². The van der Waals surface area contributed by atoms with Gasteiger partial charge in [0.25, 0.3) is 15.9 Å². The average Bonchev–Trinajstić information content (AvgIpc) is 3.25. The van der Waals surface area contributed by atoms with Gasteiger partial charge in [0, 0.05) is 25.2 Å². The Balaban J connectivity index is 1.65. The van der Waals surface area contributed by atoms with E-state index in [1.54, 1.807) is 12.1 Å². The number of carbonyl (C=O) groups excluding carboxylic acids is 2. The zero-order valence-corrected chi connectivity index (χ0v) is 18.8. The van der Waals surface area contributed by atoms with Gasteiger partial charge in [-0.2, -0.15) is 4.31 Å². The summed E-state index contributed by atoms with van der Waals surface area (Å²) in [6.45, 7) is 0.572. The van der Waals surface area contributed by atoms with Gasteiger partial charge in [-0.25, -0.2) is 8.42 Å². The molecular formula is C20H24ClN3O6S. The molecule has 1 fully saturated rings. The van der Waals surface area contributed by atoms with E-state index in [4.69, 9.17) is 20.8 Å². The van der Waals surface area contributed by atoms with E-state index in [9.17, 15) is 18.0 Å². The minimum atomic E-state index is -3.79. The molecule has 2 amide bonds. The maximum absolute atomic E-state index is 12.7. The Morgan fingerprint density at radius 3 is 2.58 bits per heavy atom. The molecular weight excluding hydrogens is 446 g/mol. The number of nitrogens with one attached hydrogen (secondary N) is 1. The van der Waals surface area contributed by atoms with Gasteiger partial charge in [-0.05, 0) is 43.2 Å². The van der Waals surface area contributed by atoms with Gasteiger partial charge in [0.2, 0.25) is 11.0 Å². The van der Waals surface area contributed by atoms with Crippen molar-refractivity contribution in [1.82, 2.24) is 9.21 Å². The van der Waals surface area contributed by atoms with Gasteiger partial charge >= 0.3 is 0 Å². The van der Waals surface area contributed by atoms with Gasteiger partial charge in [0.05, 0.1) is 19.3 Å². The quantitative estimate of drug-likeness (QED) is 0.667. The number of rotatable bonds is 7. The van der Waals surface area contributed by atoms with E-state index in [1.165, 1.54) is 36.7 Å². The number of furan rings is 1. The number of benzene rings is 1. The number of halogens is 1. The summed E-state index contributed by atoms with van der Waals surface area (Å²) in [7, 11) is -0.911. The first-order valence-corrected chi connectivity index (χ1v) is 11.5. The Kier molecular flexibility index (Phi) is 7.24. The Morgan fingerprint density at radius 2 is 1.90 bits per heavy atom. The number of nitrogens with zero attached hydrogens (tertiary/aromatic N) is 2. The fraction of sp³-hybridized carbons (Fsp3) is 0.400. The summed E-state index contributed by atoms with van der Waals surface area (Å²) in [4.78, 5) is 26.1. The van der Waals surface area contributed by atoms with Gasteiger partial charge < -0.3 is 19.4 Å². The lowest BCUT2D eigenvalue weighted by molar-refractivity contribution is -0.116. The highest BCUT2D eigenvalue weighted by molar-refractivity contribution is 7.89. The zero-order chi connectivity index (χ0) is 22.6. The molecule has 9 nitrogen and oxygen atoms in total. The van der Waals surface area contributed by atoms with Crippen LogP contribution >= 0.6 is 11.6 Å². The SMILES string of the molecule is COc1ccc(Cl)cc1NC(=O)CN(C)C(=O)c1ccc(S(=O)(=O)N2CCCCC2)o1. The van der Waals surface area contributed by atoms with E-state index in [-0.39, 0.29) is 17.4 Å². The molecule has 2 heterocycles. The molecule has 1 aromatic heterocycles. The minimum Gasteiger partial charge on any atom is -0.495 e. The smallest absolute Gasteiger partial charge is 0.289 e. The number of likely N-dealkylation sites (N-methyl/N-ethyl adjacent to an activating group) is 1. The third-order valence-corrected chi connectivity index (χ3v) is 6.87. The molecule has 31 heavy (non-hydrogen) atoms. The number of amides is 2. The van der Waals surface area contributed by atoms with Crippen LogP contribution in [0.15, 0.2) is 39.8 Å². The molecule has 168 valence electrons. The molecule has 3 rings (SSSR count). The number of hydrogen-bond donors (Lipinski definition) is 1. The second-order valence-electron chi connectivity index (χ2n) is 7.14. The van der Waals surface area contributed by atoms with E-state index in [2.05, 4.69) is 5.32 Å². The summed E-state index contributed by atoms with van der Waals surface area (Å²) in [6, 6.07) is 7.33. The van der Waals surface area contributed by atoms with E-state index >= 15 is 0 Å². The molecule has 11 heteroatoms. The topological polar surface area (TPSA) is 109 Å². The minimum absolute atomic E-state index is 0.161. The first kappa shape index (κ1) is 23.1. The maximum atomic E-state index is 12.7. The van der Waals surface area contributed by atoms with Gasteiger partial charge in [-0.1, -0.05) is 18.0 Å². The standard InChI is InChI=1S/C20H24ClN3O6S/c1-23(13-18(25)22-15-12-14(21)6-7-16(15)29-2)20(26)17-8-9-19(30-17)31(27,28)24-10-4-3-5-11-24/h6-9,12H,3-5,10-11,13H2,1-2H3,(H,22,25).